The van der Waals surface area contributed by atoms with E-state index in [4.69, 9.17) is 10.8 Å². The van der Waals surface area contributed by atoms with Gasteiger partial charge in [-0.2, -0.15) is 11.8 Å². The van der Waals surface area contributed by atoms with Gasteiger partial charge in [0.25, 0.3) is 0 Å². The summed E-state index contributed by atoms with van der Waals surface area (Å²) in [5, 5.41) is 11.6. The van der Waals surface area contributed by atoms with E-state index in [1.54, 1.807) is 11.8 Å². The summed E-state index contributed by atoms with van der Waals surface area (Å²) >= 11 is 1.63. The molecule has 0 aliphatic carbocycles. The zero-order valence-corrected chi connectivity index (χ0v) is 12.3. The van der Waals surface area contributed by atoms with Crippen molar-refractivity contribution < 1.29 is 14.7 Å². The molecule has 0 aromatic rings. The number of thioether (sulfide) groups is 1. The van der Waals surface area contributed by atoms with Gasteiger partial charge in [0, 0.05) is 6.04 Å². The number of rotatable bonds is 7. The number of amides is 1. The molecule has 4 N–H and O–H groups in total. The van der Waals surface area contributed by atoms with E-state index in [1.165, 1.54) is 0 Å². The molecule has 0 spiro atoms. The Bertz CT molecular complexity index is 290. The Morgan fingerprint density at radius 2 is 1.94 bits per heavy atom. The quantitative estimate of drug-likeness (QED) is 0.647. The summed E-state index contributed by atoms with van der Waals surface area (Å²) in [5.41, 5.74) is 5.44. The van der Waals surface area contributed by atoms with Crippen molar-refractivity contribution >= 4 is 23.6 Å². The number of carbonyl (C=O) groups is 2. The van der Waals surface area contributed by atoms with Gasteiger partial charge in [-0.05, 0) is 23.8 Å². The lowest BCUT2D eigenvalue weighted by Gasteiger charge is -2.31. The monoisotopic (exact) mass is 276 g/mol. The second kappa shape index (κ2) is 7.63. The number of hydrogen-bond donors (Lipinski definition) is 3. The number of nitrogens with one attached hydrogen (secondary N) is 1. The van der Waals surface area contributed by atoms with Gasteiger partial charge in [0.15, 0.2) is 0 Å². The summed E-state index contributed by atoms with van der Waals surface area (Å²) in [6, 6.07) is -0.987. The van der Waals surface area contributed by atoms with Gasteiger partial charge < -0.3 is 16.2 Å². The number of aliphatic carboxylic acids is 1. The highest BCUT2D eigenvalue weighted by atomic mass is 32.2. The number of hydrogen-bond acceptors (Lipinski definition) is 4. The molecular formula is C12H24N2O3S. The Kier molecular flexibility index (Phi) is 7.32. The van der Waals surface area contributed by atoms with Crippen LogP contribution in [0.4, 0.5) is 0 Å². The van der Waals surface area contributed by atoms with Gasteiger partial charge in [0.2, 0.25) is 5.91 Å². The van der Waals surface area contributed by atoms with Crippen LogP contribution in [-0.2, 0) is 9.59 Å². The van der Waals surface area contributed by atoms with Crippen LogP contribution < -0.4 is 11.1 Å². The van der Waals surface area contributed by atoms with Crippen LogP contribution in [-0.4, -0.2) is 41.1 Å². The van der Waals surface area contributed by atoms with Gasteiger partial charge in [0.1, 0.15) is 0 Å². The van der Waals surface area contributed by atoms with Crippen LogP contribution in [0.15, 0.2) is 0 Å². The largest absolute Gasteiger partial charge is 0.481 e. The number of carboxylic acids is 1. The highest BCUT2D eigenvalue weighted by Gasteiger charge is 2.29. The van der Waals surface area contributed by atoms with Crippen LogP contribution in [0.1, 0.15) is 33.6 Å². The number of nitrogens with two attached hydrogens (primary N) is 1. The maximum atomic E-state index is 11.8. The first-order valence-electron chi connectivity index (χ1n) is 5.95. The zero-order valence-electron chi connectivity index (χ0n) is 11.5. The summed E-state index contributed by atoms with van der Waals surface area (Å²) in [6.07, 6.45) is 2.45. The molecule has 18 heavy (non-hydrogen) atoms. The van der Waals surface area contributed by atoms with Crippen molar-refractivity contribution in [2.75, 3.05) is 12.0 Å². The maximum absolute atomic E-state index is 11.8. The highest BCUT2D eigenvalue weighted by molar-refractivity contribution is 7.98. The summed E-state index contributed by atoms with van der Waals surface area (Å²) in [7, 11) is 0. The smallest absolute Gasteiger partial charge is 0.305 e. The predicted molar refractivity (Wildman–Crippen MR) is 74.6 cm³/mol. The second-order valence-corrected chi connectivity index (χ2v) is 6.40. The Morgan fingerprint density at radius 1 is 1.39 bits per heavy atom. The average molecular weight is 276 g/mol. The molecule has 0 radical (unpaired) electrons. The van der Waals surface area contributed by atoms with Gasteiger partial charge in [0.05, 0.1) is 12.5 Å². The van der Waals surface area contributed by atoms with Crippen LogP contribution in [0.25, 0.3) is 0 Å². The summed E-state index contributed by atoms with van der Waals surface area (Å²) in [6.45, 7) is 5.69. The minimum Gasteiger partial charge on any atom is -0.481 e. The standard InChI is InChI=1S/C12H24N2O3S/c1-12(2,3)9(7-10(15)16)14-11(17)8(13)5-6-18-4/h8-9H,5-7,13H2,1-4H3,(H,14,17)(H,15,16)/t8-,9?/m0/s1. The van der Waals surface area contributed by atoms with Crippen molar-refractivity contribution in [1.29, 1.82) is 0 Å². The molecule has 0 saturated carbocycles. The molecule has 106 valence electrons. The third-order valence-corrected chi connectivity index (χ3v) is 3.35. The van der Waals surface area contributed by atoms with E-state index in [1.807, 2.05) is 27.0 Å². The summed E-state index contributed by atoms with van der Waals surface area (Å²) in [4.78, 5) is 22.6. The van der Waals surface area contributed by atoms with Crippen molar-refractivity contribution in [2.24, 2.45) is 11.1 Å². The molecule has 1 amide bonds. The molecule has 0 aromatic heterocycles. The molecule has 6 heteroatoms. The van der Waals surface area contributed by atoms with E-state index in [9.17, 15) is 9.59 Å². The first-order chi connectivity index (χ1) is 8.18. The van der Waals surface area contributed by atoms with Crippen molar-refractivity contribution in [2.45, 2.75) is 45.7 Å². The van der Waals surface area contributed by atoms with E-state index < -0.39 is 18.1 Å². The lowest BCUT2D eigenvalue weighted by Crippen LogP contribution is -2.50. The van der Waals surface area contributed by atoms with Gasteiger partial charge in [-0.25, -0.2) is 0 Å². The van der Waals surface area contributed by atoms with Crippen LogP contribution in [0.2, 0.25) is 0 Å². The van der Waals surface area contributed by atoms with Crippen LogP contribution in [0.5, 0.6) is 0 Å². The van der Waals surface area contributed by atoms with Crippen LogP contribution >= 0.6 is 11.8 Å². The summed E-state index contributed by atoms with van der Waals surface area (Å²) < 4.78 is 0. The van der Waals surface area contributed by atoms with E-state index in [0.717, 1.165) is 5.75 Å². The van der Waals surface area contributed by atoms with Crippen molar-refractivity contribution in [3.8, 4) is 0 Å². The average Bonchev–Trinajstić information content (AvgIpc) is 2.22. The fraction of sp³-hybridized carbons (Fsp3) is 0.833. The van der Waals surface area contributed by atoms with Gasteiger partial charge in [-0.3, -0.25) is 9.59 Å². The Labute approximate surface area is 113 Å². The topological polar surface area (TPSA) is 92.4 Å². The van der Waals surface area contributed by atoms with Gasteiger partial charge in [-0.1, -0.05) is 20.8 Å². The van der Waals surface area contributed by atoms with E-state index in [0.29, 0.717) is 6.42 Å². The number of carbonyl (C=O) groups excluding carboxylic acids is 1. The molecule has 2 atom stereocenters. The van der Waals surface area contributed by atoms with Crippen molar-refractivity contribution in [3.63, 3.8) is 0 Å². The molecule has 0 aliphatic rings. The molecule has 5 nitrogen and oxygen atoms in total. The molecular weight excluding hydrogens is 252 g/mol. The SMILES string of the molecule is CSCC[C@H](N)C(=O)NC(CC(=O)O)C(C)(C)C. The molecule has 0 fully saturated rings. The number of carboxylic acid groups (broad SMARTS) is 1. The minimum absolute atomic E-state index is 0.0928. The van der Waals surface area contributed by atoms with Gasteiger partial charge >= 0.3 is 5.97 Å². The molecule has 0 heterocycles. The predicted octanol–water partition coefficient (Wildman–Crippen LogP) is 1.07. The highest BCUT2D eigenvalue weighted by Crippen LogP contribution is 2.22. The van der Waals surface area contributed by atoms with Crippen LogP contribution in [0, 0.1) is 5.41 Å². The Hall–Kier alpha value is -0.750. The molecule has 0 bridgehead atoms. The third kappa shape index (κ3) is 6.86. The van der Waals surface area contributed by atoms with E-state index in [-0.39, 0.29) is 17.7 Å². The summed E-state index contributed by atoms with van der Waals surface area (Å²) in [5.74, 6) is -0.383. The van der Waals surface area contributed by atoms with Gasteiger partial charge in [-0.15, -0.1) is 0 Å². The molecule has 0 saturated heterocycles. The fourth-order valence-corrected chi connectivity index (χ4v) is 1.89. The van der Waals surface area contributed by atoms with Crippen molar-refractivity contribution in [1.82, 2.24) is 5.32 Å². The molecule has 0 aliphatic heterocycles. The fourth-order valence-electron chi connectivity index (χ4n) is 1.40. The minimum atomic E-state index is -0.923. The second-order valence-electron chi connectivity index (χ2n) is 5.41. The van der Waals surface area contributed by atoms with E-state index in [2.05, 4.69) is 5.32 Å². The van der Waals surface area contributed by atoms with Crippen LogP contribution in [0.3, 0.4) is 0 Å². The normalized spacial score (nSPS) is 14.9. The molecule has 0 rings (SSSR count). The molecule has 1 unspecified atom stereocenters. The lowest BCUT2D eigenvalue weighted by molar-refractivity contribution is -0.138. The third-order valence-electron chi connectivity index (χ3n) is 2.71. The van der Waals surface area contributed by atoms with Crippen molar-refractivity contribution in [3.05, 3.63) is 0 Å². The first-order valence-corrected chi connectivity index (χ1v) is 7.34. The lowest BCUT2D eigenvalue weighted by atomic mass is 9.84. The Balaban J connectivity index is 4.48. The zero-order chi connectivity index (χ0) is 14.3. The van der Waals surface area contributed by atoms with E-state index >= 15 is 0 Å². The maximum Gasteiger partial charge on any atom is 0.305 e. The first kappa shape index (κ1) is 17.2. The molecule has 0 aromatic carbocycles. The Morgan fingerprint density at radius 3 is 2.33 bits per heavy atom.